The van der Waals surface area contributed by atoms with Crippen molar-refractivity contribution in [2.24, 2.45) is 4.99 Å². The van der Waals surface area contributed by atoms with E-state index in [0.717, 1.165) is 16.8 Å². The predicted octanol–water partition coefficient (Wildman–Crippen LogP) is 2.37. The molecule has 1 heterocycles. The van der Waals surface area contributed by atoms with Crippen LogP contribution >= 0.6 is 0 Å². The van der Waals surface area contributed by atoms with Gasteiger partial charge in [0.05, 0.1) is 11.3 Å². The molecule has 1 aromatic heterocycles. The van der Waals surface area contributed by atoms with Gasteiger partial charge in [-0.05, 0) is 50.5 Å². The Bertz CT molecular complexity index is 815. The molecule has 23 heavy (non-hydrogen) atoms. The highest BCUT2D eigenvalue weighted by atomic mass is 16.4. The Hall–Kier alpha value is -2.63. The summed E-state index contributed by atoms with van der Waals surface area (Å²) in [6.45, 7) is 7.51. The maximum Gasteiger partial charge on any atom is 0.328 e. The molecule has 0 saturated carbocycles. The van der Waals surface area contributed by atoms with Gasteiger partial charge in [-0.1, -0.05) is 13.0 Å². The van der Waals surface area contributed by atoms with Crippen LogP contribution in [0.4, 0.5) is 0 Å². The molecule has 2 aromatic rings. The highest BCUT2D eigenvalue weighted by molar-refractivity contribution is 5.84. The Labute approximate surface area is 134 Å². The molecule has 6 nitrogen and oxygen atoms in total. The average Bonchev–Trinajstić information content (AvgIpc) is 2.78. The maximum atomic E-state index is 12.6. The van der Waals surface area contributed by atoms with Crippen LogP contribution in [0, 0.1) is 20.8 Å². The highest BCUT2D eigenvalue weighted by Crippen LogP contribution is 2.13. The van der Waals surface area contributed by atoms with Crippen molar-refractivity contribution in [1.29, 1.82) is 0 Å². The van der Waals surface area contributed by atoms with Crippen LogP contribution in [0.25, 0.3) is 5.69 Å². The SMILES string of the molecule is CC[C@@H](N=Cc1c(C)[nH]n(-c2ccc(C)c(C)c2)c1=O)C(=O)O. The molecule has 0 aliphatic heterocycles. The van der Waals surface area contributed by atoms with Gasteiger partial charge < -0.3 is 5.11 Å². The van der Waals surface area contributed by atoms with Crippen molar-refractivity contribution in [1.82, 2.24) is 9.78 Å². The van der Waals surface area contributed by atoms with Crippen molar-refractivity contribution in [2.75, 3.05) is 0 Å². The lowest BCUT2D eigenvalue weighted by Gasteiger charge is -2.05. The summed E-state index contributed by atoms with van der Waals surface area (Å²) in [7, 11) is 0. The van der Waals surface area contributed by atoms with Gasteiger partial charge in [0.15, 0.2) is 0 Å². The smallest absolute Gasteiger partial charge is 0.328 e. The fraction of sp³-hybridized carbons (Fsp3) is 0.353. The highest BCUT2D eigenvalue weighted by Gasteiger charge is 2.15. The predicted molar refractivity (Wildman–Crippen MR) is 89.9 cm³/mol. The number of carboxylic acid groups (broad SMARTS) is 1. The fourth-order valence-electron chi connectivity index (χ4n) is 2.27. The lowest BCUT2D eigenvalue weighted by molar-refractivity contribution is -0.138. The molecule has 1 aromatic carbocycles. The second-order valence-electron chi connectivity index (χ2n) is 5.60. The Morgan fingerprint density at radius 1 is 1.35 bits per heavy atom. The zero-order valence-electron chi connectivity index (χ0n) is 13.8. The van der Waals surface area contributed by atoms with E-state index < -0.39 is 12.0 Å². The van der Waals surface area contributed by atoms with E-state index in [2.05, 4.69) is 10.1 Å². The molecule has 1 atom stereocenters. The molecule has 2 N–H and O–H groups in total. The number of benzene rings is 1. The number of aryl methyl sites for hydroxylation is 3. The van der Waals surface area contributed by atoms with Gasteiger partial charge in [-0.15, -0.1) is 0 Å². The van der Waals surface area contributed by atoms with Crippen LogP contribution in [0.3, 0.4) is 0 Å². The molecule has 0 aliphatic carbocycles. The van der Waals surface area contributed by atoms with E-state index in [9.17, 15) is 9.59 Å². The van der Waals surface area contributed by atoms with Crippen molar-refractivity contribution >= 4 is 12.2 Å². The number of aliphatic carboxylic acids is 1. The van der Waals surface area contributed by atoms with Crippen LogP contribution in [0.5, 0.6) is 0 Å². The molecule has 0 fully saturated rings. The minimum absolute atomic E-state index is 0.241. The summed E-state index contributed by atoms with van der Waals surface area (Å²) in [4.78, 5) is 27.6. The van der Waals surface area contributed by atoms with E-state index in [1.165, 1.54) is 10.9 Å². The van der Waals surface area contributed by atoms with E-state index in [4.69, 9.17) is 5.11 Å². The number of hydrogen-bond acceptors (Lipinski definition) is 3. The van der Waals surface area contributed by atoms with Crippen LogP contribution < -0.4 is 5.56 Å². The summed E-state index contributed by atoms with van der Waals surface area (Å²) in [5.41, 5.74) is 3.77. The summed E-state index contributed by atoms with van der Waals surface area (Å²) in [5.74, 6) is -0.994. The Balaban J connectivity index is 2.44. The number of hydrogen-bond donors (Lipinski definition) is 2. The van der Waals surface area contributed by atoms with Gasteiger partial charge >= 0.3 is 5.97 Å². The number of aliphatic imine (C=N–C) groups is 1. The van der Waals surface area contributed by atoms with Crippen molar-refractivity contribution in [2.45, 2.75) is 40.2 Å². The molecular formula is C17H21N3O3. The van der Waals surface area contributed by atoms with E-state index in [0.29, 0.717) is 17.7 Å². The largest absolute Gasteiger partial charge is 0.480 e. The van der Waals surface area contributed by atoms with Crippen molar-refractivity contribution in [3.05, 3.63) is 50.9 Å². The molecule has 0 spiro atoms. The quantitative estimate of drug-likeness (QED) is 0.830. The first-order valence-electron chi connectivity index (χ1n) is 7.50. The summed E-state index contributed by atoms with van der Waals surface area (Å²) in [6.07, 6.45) is 1.73. The third-order valence-corrected chi connectivity index (χ3v) is 3.92. The molecule has 122 valence electrons. The number of carbonyl (C=O) groups is 1. The number of carboxylic acids is 1. The van der Waals surface area contributed by atoms with Crippen LogP contribution in [-0.4, -0.2) is 33.1 Å². The first-order valence-corrected chi connectivity index (χ1v) is 7.50. The Kier molecular flexibility index (Phi) is 4.83. The molecule has 6 heteroatoms. The van der Waals surface area contributed by atoms with Crippen LogP contribution in [-0.2, 0) is 4.79 Å². The van der Waals surface area contributed by atoms with Gasteiger partial charge in [0.2, 0.25) is 0 Å². The van der Waals surface area contributed by atoms with Crippen molar-refractivity contribution < 1.29 is 9.90 Å². The lowest BCUT2D eigenvalue weighted by Crippen LogP contribution is -2.19. The number of rotatable bonds is 5. The molecule has 0 aliphatic rings. The Morgan fingerprint density at radius 3 is 2.61 bits per heavy atom. The van der Waals surface area contributed by atoms with Crippen LogP contribution in [0.2, 0.25) is 0 Å². The van der Waals surface area contributed by atoms with Crippen LogP contribution in [0.15, 0.2) is 28.0 Å². The van der Waals surface area contributed by atoms with Gasteiger partial charge in [-0.2, -0.15) is 0 Å². The topological polar surface area (TPSA) is 87.5 Å². The van der Waals surface area contributed by atoms with Gasteiger partial charge in [0.1, 0.15) is 6.04 Å². The molecule has 2 rings (SSSR count). The standard InChI is InChI=1S/C17H21N3O3/c1-5-15(17(22)23)18-9-14-12(4)19-20(16(14)21)13-7-6-10(2)11(3)8-13/h6-9,15,19H,5H2,1-4H3,(H,22,23)/t15-/m1/s1. The Morgan fingerprint density at radius 2 is 2.04 bits per heavy atom. The molecule has 0 radical (unpaired) electrons. The lowest BCUT2D eigenvalue weighted by atomic mass is 10.1. The second kappa shape index (κ2) is 6.64. The molecular weight excluding hydrogens is 294 g/mol. The van der Waals surface area contributed by atoms with E-state index >= 15 is 0 Å². The average molecular weight is 315 g/mol. The van der Waals surface area contributed by atoms with E-state index in [1.54, 1.807) is 13.8 Å². The monoisotopic (exact) mass is 315 g/mol. The number of nitrogens with one attached hydrogen (secondary N) is 1. The van der Waals surface area contributed by atoms with E-state index in [-0.39, 0.29) is 5.56 Å². The van der Waals surface area contributed by atoms with Gasteiger partial charge in [-0.3, -0.25) is 14.9 Å². The summed E-state index contributed by atoms with van der Waals surface area (Å²) >= 11 is 0. The summed E-state index contributed by atoms with van der Waals surface area (Å²) in [5, 5.41) is 12.0. The normalized spacial score (nSPS) is 12.7. The zero-order valence-corrected chi connectivity index (χ0v) is 13.8. The van der Waals surface area contributed by atoms with E-state index in [1.807, 2.05) is 32.0 Å². The maximum absolute atomic E-state index is 12.6. The van der Waals surface area contributed by atoms with Crippen LogP contribution in [0.1, 0.15) is 35.7 Å². The molecule has 0 bridgehead atoms. The number of aromatic nitrogens is 2. The first-order chi connectivity index (χ1) is 10.8. The molecule has 0 unspecified atom stereocenters. The minimum Gasteiger partial charge on any atom is -0.480 e. The van der Waals surface area contributed by atoms with Crippen molar-refractivity contribution in [3.63, 3.8) is 0 Å². The summed E-state index contributed by atoms with van der Waals surface area (Å²) < 4.78 is 1.45. The first kappa shape index (κ1) is 16.7. The zero-order chi connectivity index (χ0) is 17.1. The number of H-pyrrole nitrogens is 1. The van der Waals surface area contributed by atoms with Gasteiger partial charge in [0, 0.05) is 11.9 Å². The molecule has 0 saturated heterocycles. The van der Waals surface area contributed by atoms with Gasteiger partial charge in [0.25, 0.3) is 5.56 Å². The number of aromatic amines is 1. The molecule has 0 amide bonds. The fourth-order valence-corrected chi connectivity index (χ4v) is 2.27. The second-order valence-corrected chi connectivity index (χ2v) is 5.60. The van der Waals surface area contributed by atoms with Crippen molar-refractivity contribution in [3.8, 4) is 5.69 Å². The minimum atomic E-state index is -0.994. The van der Waals surface area contributed by atoms with Gasteiger partial charge in [-0.25, -0.2) is 9.48 Å². The third-order valence-electron chi connectivity index (χ3n) is 3.92. The number of nitrogens with zero attached hydrogens (tertiary/aromatic N) is 2. The third kappa shape index (κ3) is 3.41. The summed E-state index contributed by atoms with van der Waals surface area (Å²) in [6, 6.07) is 4.92.